The lowest BCUT2D eigenvalue weighted by atomic mass is 9.95. The lowest BCUT2D eigenvalue weighted by Crippen LogP contribution is -2.36. The van der Waals surface area contributed by atoms with Crippen LogP contribution >= 0.6 is 11.6 Å². The van der Waals surface area contributed by atoms with E-state index in [4.69, 9.17) is 16.3 Å². The van der Waals surface area contributed by atoms with Crippen molar-refractivity contribution in [1.82, 2.24) is 5.32 Å². The van der Waals surface area contributed by atoms with Crippen molar-refractivity contribution in [3.63, 3.8) is 0 Å². The minimum Gasteiger partial charge on any atom is -0.481 e. The Morgan fingerprint density at radius 1 is 1.07 bits per heavy atom. The molecule has 1 aliphatic rings. The predicted molar refractivity (Wildman–Crippen MR) is 116 cm³/mol. The van der Waals surface area contributed by atoms with Gasteiger partial charge in [0.05, 0.1) is 0 Å². The number of carbonyl (C=O) groups is 2. The van der Waals surface area contributed by atoms with Crippen LogP contribution in [0.4, 0.5) is 5.69 Å². The quantitative estimate of drug-likeness (QED) is 0.689. The van der Waals surface area contributed by atoms with Gasteiger partial charge in [0.25, 0.3) is 11.8 Å². The van der Waals surface area contributed by atoms with E-state index >= 15 is 0 Å². The topological polar surface area (TPSA) is 67.4 Å². The van der Waals surface area contributed by atoms with Crippen LogP contribution in [0.5, 0.6) is 5.75 Å². The smallest absolute Gasteiger partial charge is 0.265 e. The number of carbonyl (C=O) groups excluding carboxylic acids is 2. The van der Waals surface area contributed by atoms with Crippen LogP contribution in [0.2, 0.25) is 5.02 Å². The number of rotatable bonds is 6. The maximum atomic E-state index is 12.4. The van der Waals surface area contributed by atoms with Gasteiger partial charge in [-0.2, -0.15) is 0 Å². The lowest BCUT2D eigenvalue weighted by molar-refractivity contribution is -0.122. The first kappa shape index (κ1) is 21.2. The zero-order valence-corrected chi connectivity index (χ0v) is 17.6. The molecule has 0 heterocycles. The third-order valence-electron chi connectivity index (χ3n) is 5.18. The average Bonchev–Trinajstić information content (AvgIpc) is 2.72. The van der Waals surface area contributed by atoms with Crippen LogP contribution in [0, 0.1) is 6.92 Å². The summed E-state index contributed by atoms with van der Waals surface area (Å²) in [5.74, 6) is 0.193. The molecular weight excluding hydrogens is 388 g/mol. The highest BCUT2D eigenvalue weighted by molar-refractivity contribution is 6.31. The molecule has 0 spiro atoms. The van der Waals surface area contributed by atoms with Gasteiger partial charge in [0, 0.05) is 22.3 Å². The molecule has 1 atom stereocenters. The number of hydrogen-bond acceptors (Lipinski definition) is 3. The summed E-state index contributed by atoms with van der Waals surface area (Å²) in [4.78, 5) is 24.7. The number of nitrogens with one attached hydrogen (secondary N) is 2. The van der Waals surface area contributed by atoms with E-state index in [2.05, 4.69) is 10.6 Å². The van der Waals surface area contributed by atoms with Crippen LogP contribution in [0.1, 0.15) is 54.9 Å². The second-order valence-electron chi connectivity index (χ2n) is 7.55. The average molecular weight is 415 g/mol. The molecule has 1 fully saturated rings. The summed E-state index contributed by atoms with van der Waals surface area (Å²) in [6, 6.07) is 12.5. The van der Waals surface area contributed by atoms with Crippen molar-refractivity contribution in [2.24, 2.45) is 0 Å². The summed E-state index contributed by atoms with van der Waals surface area (Å²) < 4.78 is 5.71. The molecule has 0 aliphatic heterocycles. The highest BCUT2D eigenvalue weighted by atomic mass is 35.5. The summed E-state index contributed by atoms with van der Waals surface area (Å²) in [5.41, 5.74) is 2.16. The van der Waals surface area contributed by atoms with E-state index in [-0.39, 0.29) is 17.9 Å². The number of hydrogen-bond donors (Lipinski definition) is 2. The molecule has 0 bridgehead atoms. The van der Waals surface area contributed by atoms with E-state index in [1.54, 1.807) is 43.3 Å². The zero-order valence-electron chi connectivity index (χ0n) is 16.8. The van der Waals surface area contributed by atoms with Crippen LogP contribution in [-0.2, 0) is 4.79 Å². The van der Waals surface area contributed by atoms with Crippen molar-refractivity contribution in [2.75, 3.05) is 5.32 Å². The van der Waals surface area contributed by atoms with Crippen molar-refractivity contribution in [3.8, 4) is 5.75 Å². The van der Waals surface area contributed by atoms with Crippen LogP contribution in [0.15, 0.2) is 42.5 Å². The molecular formula is C23H27ClN2O3. The normalized spacial score (nSPS) is 15.4. The van der Waals surface area contributed by atoms with Gasteiger partial charge in [0.1, 0.15) is 5.75 Å². The Hall–Kier alpha value is -2.53. The van der Waals surface area contributed by atoms with E-state index in [1.807, 2.05) is 13.0 Å². The first-order chi connectivity index (χ1) is 13.9. The molecule has 0 aromatic heterocycles. The fourth-order valence-electron chi connectivity index (χ4n) is 3.37. The van der Waals surface area contributed by atoms with Gasteiger partial charge < -0.3 is 15.4 Å². The second kappa shape index (κ2) is 9.79. The third-order valence-corrected chi connectivity index (χ3v) is 5.59. The highest BCUT2D eigenvalue weighted by Crippen LogP contribution is 2.21. The van der Waals surface area contributed by atoms with Gasteiger partial charge >= 0.3 is 0 Å². The second-order valence-corrected chi connectivity index (χ2v) is 7.95. The first-order valence-corrected chi connectivity index (χ1v) is 10.4. The Bertz CT molecular complexity index is 861. The number of benzene rings is 2. The Labute approximate surface area is 176 Å². The standard InChI is InChI=1S/C23H27ClN2O3/c1-15-8-11-19(14-21(15)24)26-22(27)16(2)29-20-12-9-17(10-13-20)23(28)25-18-6-4-3-5-7-18/h8-14,16,18H,3-7H2,1-2H3,(H,25,28)(H,26,27). The van der Waals surface area contributed by atoms with Crippen LogP contribution in [0.3, 0.4) is 0 Å². The zero-order chi connectivity index (χ0) is 20.8. The first-order valence-electron chi connectivity index (χ1n) is 10.1. The molecule has 154 valence electrons. The van der Waals surface area contributed by atoms with E-state index in [1.165, 1.54) is 19.3 Å². The van der Waals surface area contributed by atoms with Gasteiger partial charge in [-0.05, 0) is 68.7 Å². The molecule has 5 nitrogen and oxygen atoms in total. The van der Waals surface area contributed by atoms with E-state index < -0.39 is 6.10 Å². The molecule has 0 saturated heterocycles. The van der Waals surface area contributed by atoms with E-state index in [9.17, 15) is 9.59 Å². The fourth-order valence-corrected chi connectivity index (χ4v) is 3.55. The SMILES string of the molecule is Cc1ccc(NC(=O)C(C)Oc2ccc(C(=O)NC3CCCCC3)cc2)cc1Cl. The van der Waals surface area contributed by atoms with Crippen molar-refractivity contribution >= 4 is 29.1 Å². The summed E-state index contributed by atoms with van der Waals surface area (Å²) in [6.45, 7) is 3.58. The van der Waals surface area contributed by atoms with Crippen molar-refractivity contribution in [1.29, 1.82) is 0 Å². The molecule has 0 radical (unpaired) electrons. The monoisotopic (exact) mass is 414 g/mol. The maximum Gasteiger partial charge on any atom is 0.265 e. The van der Waals surface area contributed by atoms with Gasteiger partial charge in [-0.3, -0.25) is 9.59 Å². The summed E-state index contributed by atoms with van der Waals surface area (Å²) in [5, 5.41) is 6.48. The van der Waals surface area contributed by atoms with Gasteiger partial charge in [0.15, 0.2) is 6.10 Å². The molecule has 6 heteroatoms. The summed E-state index contributed by atoms with van der Waals surface area (Å²) in [6.07, 6.45) is 4.99. The Morgan fingerprint density at radius 3 is 2.41 bits per heavy atom. The third kappa shape index (κ3) is 5.97. The van der Waals surface area contributed by atoms with Crippen molar-refractivity contribution in [3.05, 3.63) is 58.6 Å². The number of halogens is 1. The molecule has 2 aromatic rings. The maximum absolute atomic E-state index is 12.4. The molecule has 1 aliphatic carbocycles. The van der Waals surface area contributed by atoms with Gasteiger partial charge in [0.2, 0.25) is 0 Å². The Kier molecular flexibility index (Phi) is 7.15. The molecule has 2 N–H and O–H groups in total. The highest BCUT2D eigenvalue weighted by Gasteiger charge is 2.18. The molecule has 2 amide bonds. The molecule has 2 aromatic carbocycles. The summed E-state index contributed by atoms with van der Waals surface area (Å²) in [7, 11) is 0. The van der Waals surface area contributed by atoms with Gasteiger partial charge in [-0.25, -0.2) is 0 Å². The van der Waals surface area contributed by atoms with Crippen LogP contribution in [-0.4, -0.2) is 24.0 Å². The fraction of sp³-hybridized carbons (Fsp3) is 0.391. The largest absolute Gasteiger partial charge is 0.481 e. The van der Waals surface area contributed by atoms with E-state index in [0.29, 0.717) is 22.0 Å². The minimum atomic E-state index is -0.697. The molecule has 3 rings (SSSR count). The Morgan fingerprint density at radius 2 is 1.76 bits per heavy atom. The predicted octanol–water partition coefficient (Wildman–Crippen LogP) is 5.12. The van der Waals surface area contributed by atoms with Crippen LogP contribution < -0.4 is 15.4 Å². The summed E-state index contributed by atoms with van der Waals surface area (Å²) >= 11 is 6.09. The van der Waals surface area contributed by atoms with Crippen LogP contribution in [0.25, 0.3) is 0 Å². The van der Waals surface area contributed by atoms with E-state index in [0.717, 1.165) is 18.4 Å². The Balaban J connectivity index is 1.53. The van der Waals surface area contributed by atoms with Gasteiger partial charge in [-0.1, -0.05) is 36.9 Å². The number of aryl methyl sites for hydroxylation is 1. The number of amides is 2. The van der Waals surface area contributed by atoms with Crippen molar-refractivity contribution < 1.29 is 14.3 Å². The van der Waals surface area contributed by atoms with Gasteiger partial charge in [-0.15, -0.1) is 0 Å². The molecule has 1 saturated carbocycles. The lowest BCUT2D eigenvalue weighted by Gasteiger charge is -2.22. The van der Waals surface area contributed by atoms with Crippen molar-refractivity contribution in [2.45, 2.75) is 58.1 Å². The molecule has 29 heavy (non-hydrogen) atoms. The number of anilines is 1. The molecule has 1 unspecified atom stereocenters. The number of ether oxygens (including phenoxy) is 1. The minimum absolute atomic E-state index is 0.0644.